The highest BCUT2D eigenvalue weighted by molar-refractivity contribution is 5.96. The summed E-state index contributed by atoms with van der Waals surface area (Å²) in [7, 11) is 1.64. The third-order valence-electron chi connectivity index (χ3n) is 5.30. The van der Waals surface area contributed by atoms with Gasteiger partial charge in [-0.3, -0.25) is 9.59 Å². The van der Waals surface area contributed by atoms with Crippen LogP contribution in [0.3, 0.4) is 0 Å². The van der Waals surface area contributed by atoms with Crippen molar-refractivity contribution in [1.82, 2.24) is 4.90 Å². The quantitative estimate of drug-likeness (QED) is 0.720. The molecule has 2 aromatic carbocycles. The minimum Gasteiger partial charge on any atom is -0.464 e. The number of hydrogen-bond donors (Lipinski definition) is 1. The second-order valence-corrected chi connectivity index (χ2v) is 7.42. The molecule has 0 saturated carbocycles. The number of likely N-dealkylation sites (N-methyl/N-ethyl adjacent to an activating group) is 1. The number of nitrogens with zero attached hydrogens (tertiary/aromatic N) is 1. The van der Waals surface area contributed by atoms with E-state index in [1.807, 2.05) is 58.0 Å². The van der Waals surface area contributed by atoms with Gasteiger partial charge in [-0.05, 0) is 68.1 Å². The highest BCUT2D eigenvalue weighted by Gasteiger charge is 2.17. The fraction of sp³-hybridized carbons (Fsp3) is 0.304. The molecule has 1 N–H and O–H groups in total. The van der Waals surface area contributed by atoms with Gasteiger partial charge in [-0.15, -0.1) is 0 Å². The lowest BCUT2D eigenvalue weighted by Gasteiger charge is -2.17. The fourth-order valence-corrected chi connectivity index (χ4v) is 3.15. The van der Waals surface area contributed by atoms with Crippen LogP contribution in [0.4, 0.5) is 5.69 Å². The number of anilines is 1. The molecule has 0 fully saturated rings. The average molecular weight is 378 g/mol. The Bertz CT molecular complexity index is 1050. The van der Waals surface area contributed by atoms with E-state index in [1.54, 1.807) is 13.3 Å². The normalized spacial score (nSPS) is 10.9. The van der Waals surface area contributed by atoms with Gasteiger partial charge in [-0.2, -0.15) is 0 Å². The molecule has 0 unspecified atom stereocenters. The van der Waals surface area contributed by atoms with Crippen LogP contribution in [-0.4, -0.2) is 30.3 Å². The average Bonchev–Trinajstić information content (AvgIpc) is 3.01. The van der Waals surface area contributed by atoms with Crippen LogP contribution in [0, 0.1) is 27.7 Å². The molecule has 0 radical (unpaired) electrons. The van der Waals surface area contributed by atoms with Crippen LogP contribution in [0.15, 0.2) is 41.0 Å². The predicted molar refractivity (Wildman–Crippen MR) is 112 cm³/mol. The lowest BCUT2D eigenvalue weighted by Crippen LogP contribution is -2.35. The van der Waals surface area contributed by atoms with Crippen LogP contribution in [0.25, 0.3) is 11.0 Å². The van der Waals surface area contributed by atoms with Gasteiger partial charge >= 0.3 is 0 Å². The smallest absolute Gasteiger partial charge is 0.243 e. The van der Waals surface area contributed by atoms with E-state index in [0.29, 0.717) is 0 Å². The molecule has 146 valence electrons. The first-order chi connectivity index (χ1) is 13.3. The van der Waals surface area contributed by atoms with E-state index in [2.05, 4.69) is 5.32 Å². The number of carbonyl (C=O) groups excluding carboxylic acids is 2. The van der Waals surface area contributed by atoms with Gasteiger partial charge in [0.1, 0.15) is 5.58 Å². The maximum absolute atomic E-state index is 12.6. The summed E-state index contributed by atoms with van der Waals surface area (Å²) < 4.78 is 5.60. The second-order valence-electron chi connectivity index (χ2n) is 7.42. The highest BCUT2D eigenvalue weighted by atomic mass is 16.3. The van der Waals surface area contributed by atoms with Crippen molar-refractivity contribution in [3.63, 3.8) is 0 Å². The molecule has 0 atom stereocenters. The summed E-state index contributed by atoms with van der Waals surface area (Å²) in [4.78, 5) is 26.4. The second kappa shape index (κ2) is 7.89. The van der Waals surface area contributed by atoms with E-state index in [-0.39, 0.29) is 24.8 Å². The molecular weight excluding hydrogens is 352 g/mol. The number of hydrogen-bond acceptors (Lipinski definition) is 3. The van der Waals surface area contributed by atoms with E-state index in [9.17, 15) is 9.59 Å². The van der Waals surface area contributed by atoms with Crippen molar-refractivity contribution in [1.29, 1.82) is 0 Å². The minimum absolute atomic E-state index is 0.000134. The molecule has 5 heteroatoms. The Balaban J connectivity index is 1.65. The van der Waals surface area contributed by atoms with Gasteiger partial charge in [-0.1, -0.05) is 12.1 Å². The minimum atomic E-state index is -0.215. The van der Waals surface area contributed by atoms with E-state index in [1.165, 1.54) is 4.90 Å². The number of aryl methyl sites for hydroxylation is 3. The summed E-state index contributed by atoms with van der Waals surface area (Å²) in [5, 5.41) is 3.84. The zero-order valence-corrected chi connectivity index (χ0v) is 17.1. The zero-order chi connectivity index (χ0) is 20.4. The van der Waals surface area contributed by atoms with Gasteiger partial charge in [-0.25, -0.2) is 0 Å². The van der Waals surface area contributed by atoms with Crippen molar-refractivity contribution in [2.24, 2.45) is 0 Å². The van der Waals surface area contributed by atoms with Crippen LogP contribution in [0.2, 0.25) is 0 Å². The highest BCUT2D eigenvalue weighted by Crippen LogP contribution is 2.25. The SMILES string of the molecule is Cc1cc2occ(CC(=O)N(C)CC(=O)Nc3cccc(C)c3C)c2cc1C. The molecule has 0 spiro atoms. The van der Waals surface area contributed by atoms with Crippen LogP contribution in [-0.2, 0) is 16.0 Å². The third-order valence-corrected chi connectivity index (χ3v) is 5.30. The number of nitrogens with one attached hydrogen (secondary N) is 1. The van der Waals surface area contributed by atoms with Crippen molar-refractivity contribution in [2.45, 2.75) is 34.1 Å². The van der Waals surface area contributed by atoms with Crippen molar-refractivity contribution in [3.05, 3.63) is 64.4 Å². The van der Waals surface area contributed by atoms with Crippen molar-refractivity contribution in [3.8, 4) is 0 Å². The fourth-order valence-electron chi connectivity index (χ4n) is 3.15. The summed E-state index contributed by atoms with van der Waals surface area (Å²) in [5.74, 6) is -0.342. The molecule has 1 heterocycles. The van der Waals surface area contributed by atoms with E-state index in [4.69, 9.17) is 4.42 Å². The molecule has 3 rings (SSSR count). The van der Waals surface area contributed by atoms with Crippen LogP contribution in [0.1, 0.15) is 27.8 Å². The Kier molecular flexibility index (Phi) is 5.54. The van der Waals surface area contributed by atoms with Crippen LogP contribution >= 0.6 is 0 Å². The predicted octanol–water partition coefficient (Wildman–Crippen LogP) is 4.31. The first-order valence-corrected chi connectivity index (χ1v) is 9.33. The third kappa shape index (κ3) is 4.09. The number of furan rings is 1. The van der Waals surface area contributed by atoms with Gasteiger partial charge in [0.25, 0.3) is 0 Å². The van der Waals surface area contributed by atoms with Crippen molar-refractivity contribution in [2.75, 3.05) is 18.9 Å². The van der Waals surface area contributed by atoms with Crippen LogP contribution in [0.5, 0.6) is 0 Å². The molecule has 0 bridgehead atoms. The summed E-state index contributed by atoms with van der Waals surface area (Å²) in [5.41, 5.74) is 6.84. The molecule has 3 aromatic rings. The Morgan fingerprint density at radius 2 is 1.75 bits per heavy atom. The Labute approximate surface area is 165 Å². The lowest BCUT2D eigenvalue weighted by molar-refractivity contribution is -0.132. The first kappa shape index (κ1) is 19.7. The molecule has 0 aliphatic heterocycles. The molecule has 0 saturated heterocycles. The standard InChI is InChI=1S/C23H26N2O3/c1-14-7-6-8-20(17(14)4)24-22(26)12-25(5)23(27)11-18-13-28-21-10-16(3)15(2)9-19(18)21/h6-10,13H,11-12H2,1-5H3,(H,24,26). The molecule has 28 heavy (non-hydrogen) atoms. The maximum Gasteiger partial charge on any atom is 0.243 e. The molecule has 2 amide bonds. The molecule has 0 aliphatic carbocycles. The van der Waals surface area contributed by atoms with E-state index >= 15 is 0 Å². The van der Waals surface area contributed by atoms with E-state index in [0.717, 1.165) is 44.5 Å². The largest absolute Gasteiger partial charge is 0.464 e. The Morgan fingerprint density at radius 1 is 1.04 bits per heavy atom. The van der Waals surface area contributed by atoms with Crippen molar-refractivity contribution < 1.29 is 14.0 Å². The molecule has 1 aromatic heterocycles. The van der Waals surface area contributed by atoms with Gasteiger partial charge in [0.15, 0.2) is 0 Å². The monoisotopic (exact) mass is 378 g/mol. The number of amides is 2. The Hall–Kier alpha value is -3.08. The van der Waals surface area contributed by atoms with Gasteiger partial charge < -0.3 is 14.6 Å². The Morgan fingerprint density at radius 3 is 2.50 bits per heavy atom. The topological polar surface area (TPSA) is 62.6 Å². The zero-order valence-electron chi connectivity index (χ0n) is 17.1. The summed E-state index contributed by atoms with van der Waals surface area (Å²) in [6.07, 6.45) is 1.83. The molecular formula is C23H26N2O3. The summed E-state index contributed by atoms with van der Waals surface area (Å²) >= 11 is 0. The number of fused-ring (bicyclic) bond motifs is 1. The van der Waals surface area contributed by atoms with Gasteiger partial charge in [0.2, 0.25) is 11.8 Å². The van der Waals surface area contributed by atoms with Crippen molar-refractivity contribution >= 4 is 28.5 Å². The summed E-state index contributed by atoms with van der Waals surface area (Å²) in [6.45, 7) is 8.04. The van der Waals surface area contributed by atoms with E-state index < -0.39 is 0 Å². The lowest BCUT2D eigenvalue weighted by atomic mass is 10.0. The van der Waals surface area contributed by atoms with Gasteiger partial charge in [0, 0.05) is 23.7 Å². The number of benzene rings is 2. The van der Waals surface area contributed by atoms with Crippen LogP contribution < -0.4 is 5.32 Å². The summed E-state index contributed by atoms with van der Waals surface area (Å²) in [6, 6.07) is 9.80. The maximum atomic E-state index is 12.6. The number of carbonyl (C=O) groups is 2. The van der Waals surface area contributed by atoms with Gasteiger partial charge in [0.05, 0.1) is 19.2 Å². The number of rotatable bonds is 5. The molecule has 5 nitrogen and oxygen atoms in total. The molecule has 0 aliphatic rings. The first-order valence-electron chi connectivity index (χ1n) is 9.33.